The number of rotatable bonds is 6. The SMILES string of the molecule is O=C(NCc1ccccc1)[C@@H]1[C@@H](C(=O)NCc2ccccc2)[C@H]2C=C[C@H]1C2. The van der Waals surface area contributed by atoms with Crippen LogP contribution in [0.4, 0.5) is 0 Å². The van der Waals surface area contributed by atoms with Crippen molar-refractivity contribution >= 4 is 11.8 Å². The predicted octanol–water partition coefficient (Wildman–Crippen LogP) is 3.06. The van der Waals surface area contributed by atoms with E-state index in [-0.39, 0.29) is 35.5 Å². The van der Waals surface area contributed by atoms with Crippen molar-refractivity contribution in [3.63, 3.8) is 0 Å². The van der Waals surface area contributed by atoms with Crippen LogP contribution in [0.3, 0.4) is 0 Å². The lowest BCUT2D eigenvalue weighted by molar-refractivity contribution is -0.135. The molecule has 0 saturated heterocycles. The van der Waals surface area contributed by atoms with Gasteiger partial charge in [-0.1, -0.05) is 72.8 Å². The van der Waals surface area contributed by atoms with Crippen molar-refractivity contribution in [3.05, 3.63) is 83.9 Å². The third kappa shape index (κ3) is 3.80. The molecule has 4 atom stereocenters. The van der Waals surface area contributed by atoms with E-state index in [9.17, 15) is 9.59 Å². The van der Waals surface area contributed by atoms with Gasteiger partial charge in [0.25, 0.3) is 0 Å². The molecule has 4 nitrogen and oxygen atoms in total. The van der Waals surface area contributed by atoms with Crippen molar-refractivity contribution < 1.29 is 9.59 Å². The van der Waals surface area contributed by atoms with E-state index in [1.807, 2.05) is 60.7 Å². The summed E-state index contributed by atoms with van der Waals surface area (Å²) in [5.41, 5.74) is 2.13. The monoisotopic (exact) mass is 360 g/mol. The van der Waals surface area contributed by atoms with Crippen LogP contribution in [0.15, 0.2) is 72.8 Å². The molecule has 0 aliphatic heterocycles. The van der Waals surface area contributed by atoms with Gasteiger partial charge in [0.15, 0.2) is 0 Å². The van der Waals surface area contributed by atoms with Crippen molar-refractivity contribution in [1.29, 1.82) is 0 Å². The molecule has 0 aromatic heterocycles. The number of hydrogen-bond donors (Lipinski definition) is 2. The molecule has 0 radical (unpaired) electrons. The van der Waals surface area contributed by atoms with E-state index < -0.39 is 0 Å². The molecule has 2 bridgehead atoms. The van der Waals surface area contributed by atoms with E-state index in [0.717, 1.165) is 17.5 Å². The molecule has 138 valence electrons. The number of carbonyl (C=O) groups excluding carboxylic acids is 2. The van der Waals surface area contributed by atoms with Crippen LogP contribution in [0.2, 0.25) is 0 Å². The Labute approximate surface area is 159 Å². The van der Waals surface area contributed by atoms with Crippen molar-refractivity contribution in [2.24, 2.45) is 23.7 Å². The van der Waals surface area contributed by atoms with Crippen molar-refractivity contribution in [3.8, 4) is 0 Å². The molecule has 0 spiro atoms. The van der Waals surface area contributed by atoms with Crippen LogP contribution in [0, 0.1) is 23.7 Å². The highest BCUT2D eigenvalue weighted by molar-refractivity contribution is 5.89. The molecular formula is C23H24N2O2. The number of hydrogen-bond acceptors (Lipinski definition) is 2. The number of nitrogens with one attached hydrogen (secondary N) is 2. The van der Waals surface area contributed by atoms with Crippen LogP contribution >= 0.6 is 0 Å². The summed E-state index contributed by atoms with van der Waals surface area (Å²) in [5.74, 6) is -0.262. The summed E-state index contributed by atoms with van der Waals surface area (Å²) in [6.07, 6.45) is 5.11. The first kappa shape index (κ1) is 17.5. The largest absolute Gasteiger partial charge is 0.352 e. The molecule has 2 amide bonds. The lowest BCUT2D eigenvalue weighted by Crippen LogP contribution is -2.43. The first-order chi connectivity index (χ1) is 13.2. The maximum atomic E-state index is 12.9. The Morgan fingerprint density at radius 2 is 1.11 bits per heavy atom. The quantitative estimate of drug-likeness (QED) is 0.778. The average molecular weight is 360 g/mol. The molecule has 27 heavy (non-hydrogen) atoms. The molecule has 2 aromatic carbocycles. The number of benzene rings is 2. The Morgan fingerprint density at radius 3 is 1.52 bits per heavy atom. The summed E-state index contributed by atoms with van der Waals surface area (Å²) in [5, 5.41) is 6.06. The normalized spacial score (nSPS) is 25.3. The molecule has 0 heterocycles. The highest BCUT2D eigenvalue weighted by atomic mass is 16.2. The number of carbonyl (C=O) groups is 2. The molecule has 0 unspecified atom stereocenters. The fourth-order valence-corrected chi connectivity index (χ4v) is 4.34. The highest BCUT2D eigenvalue weighted by Crippen LogP contribution is 2.48. The predicted molar refractivity (Wildman–Crippen MR) is 104 cm³/mol. The summed E-state index contributed by atoms with van der Waals surface area (Å²) >= 11 is 0. The standard InChI is InChI=1S/C23H24N2O2/c26-22(24-14-16-7-3-1-4-8-16)20-18-11-12-19(13-18)21(20)23(27)25-15-17-9-5-2-6-10-17/h1-12,18-21H,13-15H2,(H,24,26)(H,25,27)/t18-,19-,20-,21-/m0/s1. The third-order valence-electron chi connectivity index (χ3n) is 5.68. The minimum atomic E-state index is -0.278. The van der Waals surface area contributed by atoms with Gasteiger partial charge in [-0.15, -0.1) is 0 Å². The molecule has 2 aliphatic carbocycles. The zero-order chi connectivity index (χ0) is 18.6. The Bertz CT molecular complexity index is 762. The summed E-state index contributed by atoms with van der Waals surface area (Å²) < 4.78 is 0. The Balaban J connectivity index is 1.40. The number of allylic oxidation sites excluding steroid dienone is 2. The van der Waals surface area contributed by atoms with E-state index in [4.69, 9.17) is 0 Å². The fraction of sp³-hybridized carbons (Fsp3) is 0.304. The molecular weight excluding hydrogens is 336 g/mol. The summed E-state index contributed by atoms with van der Waals surface area (Å²) in [6.45, 7) is 0.991. The first-order valence-corrected chi connectivity index (χ1v) is 9.54. The molecule has 1 fully saturated rings. The van der Waals surface area contributed by atoms with Gasteiger partial charge in [0.1, 0.15) is 0 Å². The fourth-order valence-electron chi connectivity index (χ4n) is 4.34. The zero-order valence-electron chi connectivity index (χ0n) is 15.2. The maximum absolute atomic E-state index is 12.9. The van der Waals surface area contributed by atoms with Gasteiger partial charge in [0.2, 0.25) is 11.8 Å². The van der Waals surface area contributed by atoms with Crippen molar-refractivity contribution in [2.45, 2.75) is 19.5 Å². The molecule has 4 rings (SSSR count). The molecule has 2 aliphatic rings. The third-order valence-corrected chi connectivity index (χ3v) is 5.68. The van der Waals surface area contributed by atoms with Crippen LogP contribution in [0.25, 0.3) is 0 Å². The average Bonchev–Trinajstić information content (AvgIpc) is 3.33. The van der Waals surface area contributed by atoms with Gasteiger partial charge in [-0.3, -0.25) is 9.59 Å². The van der Waals surface area contributed by atoms with Gasteiger partial charge in [-0.2, -0.15) is 0 Å². The van der Waals surface area contributed by atoms with Crippen LogP contribution in [-0.2, 0) is 22.7 Å². The molecule has 2 aromatic rings. The van der Waals surface area contributed by atoms with Crippen LogP contribution in [0.1, 0.15) is 17.5 Å². The zero-order valence-corrected chi connectivity index (χ0v) is 15.2. The van der Waals surface area contributed by atoms with Gasteiger partial charge in [0, 0.05) is 13.1 Å². The molecule has 4 heteroatoms. The van der Waals surface area contributed by atoms with Crippen LogP contribution < -0.4 is 10.6 Å². The summed E-state index contributed by atoms with van der Waals surface area (Å²) in [7, 11) is 0. The second kappa shape index (κ2) is 7.78. The summed E-state index contributed by atoms with van der Waals surface area (Å²) in [6, 6.07) is 19.7. The molecule has 2 N–H and O–H groups in total. The van der Waals surface area contributed by atoms with Crippen LogP contribution in [0.5, 0.6) is 0 Å². The Kier molecular flexibility index (Phi) is 5.05. The number of fused-ring (bicyclic) bond motifs is 2. The van der Waals surface area contributed by atoms with Crippen molar-refractivity contribution in [2.75, 3.05) is 0 Å². The maximum Gasteiger partial charge on any atom is 0.224 e. The van der Waals surface area contributed by atoms with E-state index in [2.05, 4.69) is 22.8 Å². The highest BCUT2D eigenvalue weighted by Gasteiger charge is 2.51. The van der Waals surface area contributed by atoms with Gasteiger partial charge < -0.3 is 10.6 Å². The Morgan fingerprint density at radius 1 is 0.704 bits per heavy atom. The minimum absolute atomic E-state index is 0.0180. The van der Waals surface area contributed by atoms with Crippen molar-refractivity contribution in [1.82, 2.24) is 10.6 Å². The molecule has 1 saturated carbocycles. The lowest BCUT2D eigenvalue weighted by Gasteiger charge is -2.26. The van der Waals surface area contributed by atoms with Gasteiger partial charge in [-0.05, 0) is 29.4 Å². The van der Waals surface area contributed by atoms with E-state index in [0.29, 0.717) is 13.1 Å². The van der Waals surface area contributed by atoms with Gasteiger partial charge in [-0.25, -0.2) is 0 Å². The van der Waals surface area contributed by atoms with Crippen LogP contribution in [-0.4, -0.2) is 11.8 Å². The summed E-state index contributed by atoms with van der Waals surface area (Å²) in [4.78, 5) is 25.7. The van der Waals surface area contributed by atoms with E-state index >= 15 is 0 Å². The van der Waals surface area contributed by atoms with Gasteiger partial charge in [0.05, 0.1) is 11.8 Å². The Hall–Kier alpha value is -2.88. The first-order valence-electron chi connectivity index (χ1n) is 9.54. The van der Waals surface area contributed by atoms with E-state index in [1.54, 1.807) is 0 Å². The number of amides is 2. The topological polar surface area (TPSA) is 58.2 Å². The smallest absolute Gasteiger partial charge is 0.224 e. The second-order valence-corrected chi connectivity index (χ2v) is 7.41. The second-order valence-electron chi connectivity index (χ2n) is 7.41. The minimum Gasteiger partial charge on any atom is -0.352 e. The van der Waals surface area contributed by atoms with E-state index in [1.165, 1.54) is 0 Å². The lowest BCUT2D eigenvalue weighted by atomic mass is 9.81. The van der Waals surface area contributed by atoms with Gasteiger partial charge >= 0.3 is 0 Å².